The summed E-state index contributed by atoms with van der Waals surface area (Å²) in [7, 11) is 0. The summed E-state index contributed by atoms with van der Waals surface area (Å²) in [5, 5.41) is 14.0. The Hall–Kier alpha value is -2.77. The van der Waals surface area contributed by atoms with Gasteiger partial charge in [0.15, 0.2) is 0 Å². The van der Waals surface area contributed by atoms with Crippen molar-refractivity contribution in [3.05, 3.63) is 65.2 Å². The number of hydrogen-bond acceptors (Lipinski definition) is 5. The van der Waals surface area contributed by atoms with Gasteiger partial charge < -0.3 is 21.1 Å². The lowest BCUT2D eigenvalue weighted by atomic mass is 10.0. The van der Waals surface area contributed by atoms with Crippen LogP contribution in [0.5, 0.6) is 0 Å². The van der Waals surface area contributed by atoms with E-state index in [-0.39, 0.29) is 25.1 Å². The van der Waals surface area contributed by atoms with Gasteiger partial charge in [0.2, 0.25) is 0 Å². The van der Waals surface area contributed by atoms with Crippen LogP contribution in [0.1, 0.15) is 23.1 Å². The molecule has 0 amide bonds. The third-order valence-electron chi connectivity index (χ3n) is 5.54. The first kappa shape index (κ1) is 20.5. The van der Waals surface area contributed by atoms with E-state index in [0.717, 1.165) is 22.2 Å². The Morgan fingerprint density at radius 2 is 2.03 bits per heavy atom. The van der Waals surface area contributed by atoms with Gasteiger partial charge in [0.1, 0.15) is 5.82 Å². The van der Waals surface area contributed by atoms with Crippen molar-refractivity contribution >= 4 is 22.4 Å². The van der Waals surface area contributed by atoms with Gasteiger partial charge >= 0.3 is 0 Å². The maximum Gasteiger partial charge on any atom is 0.275 e. The molecule has 2 heterocycles. The third kappa shape index (κ3) is 4.08. The van der Waals surface area contributed by atoms with Gasteiger partial charge in [-0.15, -0.1) is 0 Å². The Morgan fingerprint density at radius 1 is 1.23 bits per heavy atom. The minimum absolute atomic E-state index is 0.0910. The molecule has 1 atom stereocenters. The summed E-state index contributed by atoms with van der Waals surface area (Å²) in [6, 6.07) is 14.5. The van der Waals surface area contributed by atoms with E-state index in [9.17, 15) is 13.9 Å². The number of aliphatic hydroxyl groups excluding tert-OH is 1. The Morgan fingerprint density at radius 3 is 2.83 bits per heavy atom. The highest BCUT2D eigenvalue weighted by Crippen LogP contribution is 2.39. The van der Waals surface area contributed by atoms with Crippen LogP contribution in [-0.4, -0.2) is 35.8 Å². The molecule has 1 unspecified atom stereocenters. The lowest BCUT2D eigenvalue weighted by Crippen LogP contribution is -2.28. The van der Waals surface area contributed by atoms with Gasteiger partial charge in [-0.05, 0) is 24.6 Å². The number of anilines is 2. The molecule has 4 rings (SSSR count). The number of halogens is 2. The minimum atomic E-state index is -2.87. The average Bonchev–Trinajstić information content (AvgIpc) is 2.88. The second kappa shape index (κ2) is 8.16. The lowest BCUT2D eigenvalue weighted by Gasteiger charge is -2.24. The Labute approximate surface area is 174 Å². The molecular formula is C23H26F2N4O. The summed E-state index contributed by atoms with van der Waals surface area (Å²) in [6.45, 7) is 3.00. The number of hydrogen-bond donors (Lipinski definition) is 3. The van der Waals surface area contributed by atoms with Gasteiger partial charge in [-0.1, -0.05) is 35.9 Å². The van der Waals surface area contributed by atoms with Crippen LogP contribution in [0.4, 0.5) is 20.3 Å². The van der Waals surface area contributed by atoms with Crippen LogP contribution in [0.2, 0.25) is 0 Å². The smallest absolute Gasteiger partial charge is 0.275 e. The Kier molecular flexibility index (Phi) is 5.58. The molecule has 30 heavy (non-hydrogen) atoms. The van der Waals surface area contributed by atoms with Gasteiger partial charge in [-0.3, -0.25) is 0 Å². The fourth-order valence-corrected chi connectivity index (χ4v) is 3.85. The van der Waals surface area contributed by atoms with E-state index in [0.29, 0.717) is 24.5 Å². The van der Waals surface area contributed by atoms with Crippen molar-refractivity contribution in [2.75, 3.05) is 29.9 Å². The largest absolute Gasteiger partial charge is 0.390 e. The number of benzene rings is 2. The number of alkyl halides is 2. The topological polar surface area (TPSA) is 74.4 Å². The zero-order valence-electron chi connectivity index (χ0n) is 16.9. The van der Waals surface area contributed by atoms with Crippen molar-refractivity contribution in [1.82, 2.24) is 4.98 Å². The molecule has 0 saturated carbocycles. The van der Waals surface area contributed by atoms with Crippen LogP contribution < -0.4 is 16.0 Å². The number of fused-ring (bicyclic) bond motifs is 2. The number of nitrogens with one attached hydrogen (secondary N) is 1. The monoisotopic (exact) mass is 412 g/mol. The molecule has 0 aliphatic carbocycles. The predicted octanol–water partition coefficient (Wildman–Crippen LogP) is 3.78. The van der Waals surface area contributed by atoms with E-state index in [1.54, 1.807) is 18.2 Å². The SMILES string of the molecule is Cc1ccc2nc(N3CCC(F)(F)c4ccccc4C3)cc(NCC(O)CN)c2c1. The number of nitrogens with zero attached hydrogens (tertiary/aromatic N) is 2. The summed E-state index contributed by atoms with van der Waals surface area (Å²) in [5.74, 6) is -2.24. The van der Waals surface area contributed by atoms with Crippen LogP contribution in [-0.2, 0) is 12.5 Å². The minimum Gasteiger partial charge on any atom is -0.390 e. The van der Waals surface area contributed by atoms with Gasteiger partial charge in [-0.2, -0.15) is 0 Å². The molecule has 158 valence electrons. The second-order valence-electron chi connectivity index (χ2n) is 7.85. The summed E-state index contributed by atoms with van der Waals surface area (Å²) in [5.41, 5.74) is 8.89. The second-order valence-corrected chi connectivity index (χ2v) is 7.85. The van der Waals surface area contributed by atoms with E-state index >= 15 is 0 Å². The van der Waals surface area contributed by atoms with Crippen molar-refractivity contribution < 1.29 is 13.9 Å². The molecule has 2 aromatic carbocycles. The van der Waals surface area contributed by atoms with Crippen molar-refractivity contribution in [2.45, 2.75) is 31.9 Å². The molecule has 5 nitrogen and oxygen atoms in total. The van der Waals surface area contributed by atoms with Gasteiger partial charge in [0.25, 0.3) is 5.92 Å². The van der Waals surface area contributed by atoms with E-state index in [1.165, 1.54) is 6.07 Å². The Balaban J connectivity index is 1.74. The summed E-state index contributed by atoms with van der Waals surface area (Å²) < 4.78 is 29.3. The summed E-state index contributed by atoms with van der Waals surface area (Å²) >= 11 is 0. The Bertz CT molecular complexity index is 1060. The van der Waals surface area contributed by atoms with E-state index in [1.807, 2.05) is 36.1 Å². The zero-order valence-corrected chi connectivity index (χ0v) is 16.9. The number of aromatic nitrogens is 1. The molecule has 1 aliphatic heterocycles. The first-order valence-electron chi connectivity index (χ1n) is 10.1. The number of aliphatic hydroxyl groups is 1. The number of nitrogens with two attached hydrogens (primary N) is 1. The predicted molar refractivity (Wildman–Crippen MR) is 116 cm³/mol. The standard InChI is InChI=1S/C23H26F2N4O/c1-15-6-7-20-18(10-15)21(27-13-17(30)12-26)11-22(28-20)29-9-8-23(24,25)19-5-3-2-4-16(19)14-29/h2-7,10-11,17,30H,8-9,12-14,26H2,1H3,(H,27,28). The normalized spacial score (nSPS) is 16.8. The molecule has 0 fully saturated rings. The fraction of sp³-hybridized carbons (Fsp3) is 0.348. The highest BCUT2D eigenvalue weighted by Gasteiger charge is 2.37. The lowest BCUT2D eigenvalue weighted by molar-refractivity contribution is -0.00967. The average molecular weight is 412 g/mol. The number of rotatable bonds is 5. The van der Waals surface area contributed by atoms with E-state index < -0.39 is 12.0 Å². The number of pyridine rings is 1. The van der Waals surface area contributed by atoms with Gasteiger partial charge in [0, 0.05) is 55.3 Å². The summed E-state index contributed by atoms with van der Waals surface area (Å²) in [4.78, 5) is 6.66. The maximum atomic E-state index is 14.7. The fourth-order valence-electron chi connectivity index (χ4n) is 3.85. The van der Waals surface area contributed by atoms with E-state index in [2.05, 4.69) is 5.32 Å². The van der Waals surface area contributed by atoms with E-state index in [4.69, 9.17) is 10.7 Å². The first-order chi connectivity index (χ1) is 14.4. The molecule has 0 bridgehead atoms. The highest BCUT2D eigenvalue weighted by atomic mass is 19.3. The molecular weight excluding hydrogens is 386 g/mol. The third-order valence-corrected chi connectivity index (χ3v) is 5.54. The zero-order chi connectivity index (χ0) is 21.3. The van der Waals surface area contributed by atoms with Crippen LogP contribution >= 0.6 is 0 Å². The van der Waals surface area contributed by atoms with Crippen LogP contribution in [0.15, 0.2) is 48.5 Å². The molecule has 1 aromatic heterocycles. The van der Waals surface area contributed by atoms with Crippen LogP contribution in [0.3, 0.4) is 0 Å². The van der Waals surface area contributed by atoms with Gasteiger partial charge in [-0.25, -0.2) is 13.8 Å². The van der Waals surface area contributed by atoms with Crippen molar-refractivity contribution in [2.24, 2.45) is 5.73 Å². The summed E-state index contributed by atoms with van der Waals surface area (Å²) in [6.07, 6.45) is -0.947. The van der Waals surface area contributed by atoms with Crippen molar-refractivity contribution in [1.29, 1.82) is 0 Å². The molecule has 3 aromatic rings. The van der Waals surface area contributed by atoms with Gasteiger partial charge in [0.05, 0.1) is 11.6 Å². The molecule has 7 heteroatoms. The molecule has 0 saturated heterocycles. The number of aryl methyl sites for hydroxylation is 1. The first-order valence-corrected chi connectivity index (χ1v) is 10.1. The molecule has 4 N–H and O–H groups in total. The van der Waals surface area contributed by atoms with Crippen LogP contribution in [0, 0.1) is 6.92 Å². The molecule has 0 radical (unpaired) electrons. The van der Waals surface area contributed by atoms with Crippen molar-refractivity contribution in [3.8, 4) is 0 Å². The van der Waals surface area contributed by atoms with Crippen molar-refractivity contribution in [3.63, 3.8) is 0 Å². The highest BCUT2D eigenvalue weighted by molar-refractivity contribution is 5.93. The molecule has 0 spiro atoms. The quantitative estimate of drug-likeness (QED) is 0.595. The molecule has 1 aliphatic rings. The maximum absolute atomic E-state index is 14.7. The van der Waals surface area contributed by atoms with Crippen LogP contribution in [0.25, 0.3) is 10.9 Å².